The van der Waals surface area contributed by atoms with Gasteiger partial charge in [0.2, 0.25) is 0 Å². The Morgan fingerprint density at radius 1 is 0.625 bits per heavy atom. The van der Waals surface area contributed by atoms with Crippen molar-refractivity contribution in [2.45, 2.75) is 37.5 Å². The lowest BCUT2D eigenvalue weighted by atomic mass is 9.65. The molecule has 0 bridgehead atoms. The molecular formula is C18H16F4O2. The number of benzene rings is 2. The van der Waals surface area contributed by atoms with Crippen LogP contribution in [0, 0.1) is 23.3 Å². The Bertz CT molecular complexity index is 677. The van der Waals surface area contributed by atoms with Gasteiger partial charge in [-0.2, -0.15) is 0 Å². The first-order valence-corrected chi connectivity index (χ1v) is 7.72. The Balaban J connectivity index is 2.23. The number of hydrogen-bond acceptors (Lipinski definition) is 2. The molecule has 2 aromatic rings. The first-order chi connectivity index (χ1) is 11.3. The minimum atomic E-state index is -1.12. The molecule has 1 aliphatic carbocycles. The van der Waals surface area contributed by atoms with Crippen LogP contribution in [0.25, 0.3) is 0 Å². The first-order valence-electron chi connectivity index (χ1n) is 7.72. The van der Waals surface area contributed by atoms with Gasteiger partial charge in [-0.15, -0.1) is 0 Å². The summed E-state index contributed by atoms with van der Waals surface area (Å²) in [5.41, 5.74) is -0.526. The second-order valence-corrected chi connectivity index (χ2v) is 6.22. The van der Waals surface area contributed by atoms with Crippen molar-refractivity contribution in [3.05, 3.63) is 58.7 Å². The molecule has 1 fully saturated rings. The number of rotatable bonds is 2. The van der Waals surface area contributed by atoms with Gasteiger partial charge in [-0.3, -0.25) is 0 Å². The van der Waals surface area contributed by atoms with Crippen LogP contribution in [-0.4, -0.2) is 10.2 Å². The third-order valence-electron chi connectivity index (χ3n) is 4.85. The van der Waals surface area contributed by atoms with E-state index < -0.39 is 40.2 Å². The highest BCUT2D eigenvalue weighted by molar-refractivity contribution is 5.45. The molecule has 0 aromatic heterocycles. The molecule has 2 aromatic carbocycles. The summed E-state index contributed by atoms with van der Waals surface area (Å²) in [5.74, 6) is -6.62. The van der Waals surface area contributed by atoms with Crippen molar-refractivity contribution in [3.63, 3.8) is 0 Å². The van der Waals surface area contributed by atoms with Gasteiger partial charge in [0.25, 0.3) is 0 Å². The van der Waals surface area contributed by atoms with Crippen molar-refractivity contribution in [1.29, 1.82) is 0 Å². The van der Waals surface area contributed by atoms with Crippen LogP contribution < -0.4 is 0 Å². The molecule has 2 nitrogen and oxygen atoms in total. The maximum absolute atomic E-state index is 13.8. The predicted molar refractivity (Wildman–Crippen MR) is 79.9 cm³/mol. The minimum Gasteiger partial charge on any atom is -0.503 e. The third-order valence-corrected chi connectivity index (χ3v) is 4.85. The minimum absolute atomic E-state index is 0.222. The lowest BCUT2D eigenvalue weighted by molar-refractivity contribution is 0.333. The molecule has 0 unspecified atom stereocenters. The molecule has 24 heavy (non-hydrogen) atoms. The average molecular weight is 340 g/mol. The van der Waals surface area contributed by atoms with E-state index in [0.717, 1.165) is 43.5 Å². The summed E-state index contributed by atoms with van der Waals surface area (Å²) < 4.78 is 55.3. The number of phenolic OH excluding ortho intramolecular Hbond substituents is 2. The van der Waals surface area contributed by atoms with Crippen LogP contribution in [0.5, 0.6) is 11.5 Å². The van der Waals surface area contributed by atoms with E-state index in [2.05, 4.69) is 0 Å². The van der Waals surface area contributed by atoms with Crippen molar-refractivity contribution < 1.29 is 27.8 Å². The molecule has 0 spiro atoms. The fraction of sp³-hybridized carbons (Fsp3) is 0.333. The second-order valence-electron chi connectivity index (χ2n) is 6.22. The van der Waals surface area contributed by atoms with E-state index in [0.29, 0.717) is 12.8 Å². The molecule has 1 aliphatic rings. The van der Waals surface area contributed by atoms with Gasteiger partial charge in [-0.25, -0.2) is 17.6 Å². The van der Waals surface area contributed by atoms with Gasteiger partial charge in [0, 0.05) is 5.41 Å². The quantitative estimate of drug-likeness (QED) is 0.763. The van der Waals surface area contributed by atoms with Gasteiger partial charge < -0.3 is 10.2 Å². The van der Waals surface area contributed by atoms with Crippen LogP contribution >= 0.6 is 0 Å². The summed E-state index contributed by atoms with van der Waals surface area (Å²) in [6.45, 7) is 0. The maximum Gasteiger partial charge on any atom is 0.187 e. The van der Waals surface area contributed by atoms with Gasteiger partial charge in [0.15, 0.2) is 34.8 Å². The number of hydrogen-bond donors (Lipinski definition) is 2. The van der Waals surface area contributed by atoms with E-state index in [-0.39, 0.29) is 11.1 Å². The Morgan fingerprint density at radius 3 is 1.29 bits per heavy atom. The Morgan fingerprint density at radius 2 is 0.958 bits per heavy atom. The van der Waals surface area contributed by atoms with E-state index in [9.17, 15) is 27.8 Å². The fourth-order valence-electron chi connectivity index (χ4n) is 3.58. The molecule has 2 N–H and O–H groups in total. The summed E-state index contributed by atoms with van der Waals surface area (Å²) in [6.07, 6.45) is 3.29. The van der Waals surface area contributed by atoms with Crippen molar-refractivity contribution in [2.75, 3.05) is 0 Å². The summed E-state index contributed by atoms with van der Waals surface area (Å²) >= 11 is 0. The summed E-state index contributed by atoms with van der Waals surface area (Å²) in [6, 6.07) is 4.03. The van der Waals surface area contributed by atoms with Crippen molar-refractivity contribution in [3.8, 4) is 11.5 Å². The fourth-order valence-corrected chi connectivity index (χ4v) is 3.58. The van der Waals surface area contributed by atoms with Crippen molar-refractivity contribution in [2.24, 2.45) is 0 Å². The normalized spacial score (nSPS) is 17.0. The zero-order valence-corrected chi connectivity index (χ0v) is 12.8. The van der Waals surface area contributed by atoms with Gasteiger partial charge in [-0.1, -0.05) is 19.3 Å². The maximum atomic E-state index is 13.8. The lowest BCUT2D eigenvalue weighted by Gasteiger charge is -2.38. The highest BCUT2D eigenvalue weighted by Crippen LogP contribution is 2.47. The van der Waals surface area contributed by atoms with Crippen LogP contribution in [0.1, 0.15) is 43.2 Å². The summed E-state index contributed by atoms with van der Waals surface area (Å²) in [7, 11) is 0. The van der Waals surface area contributed by atoms with E-state index in [4.69, 9.17) is 0 Å². The van der Waals surface area contributed by atoms with Crippen LogP contribution in [0.3, 0.4) is 0 Å². The Labute approximate surface area is 136 Å². The molecular weight excluding hydrogens is 324 g/mol. The van der Waals surface area contributed by atoms with E-state index in [1.807, 2.05) is 0 Å². The largest absolute Gasteiger partial charge is 0.503 e. The molecule has 3 rings (SSSR count). The van der Waals surface area contributed by atoms with E-state index in [1.54, 1.807) is 0 Å². The second kappa shape index (κ2) is 6.00. The molecule has 128 valence electrons. The molecule has 1 saturated carbocycles. The van der Waals surface area contributed by atoms with Crippen LogP contribution in [0.2, 0.25) is 0 Å². The van der Waals surface area contributed by atoms with Gasteiger partial charge in [-0.05, 0) is 48.2 Å². The van der Waals surface area contributed by atoms with Crippen LogP contribution in [0.4, 0.5) is 17.6 Å². The SMILES string of the molecule is Oc1c(F)cc(C2(c3cc(F)c(O)c(F)c3)CCCCC2)cc1F. The molecule has 0 atom stereocenters. The standard InChI is InChI=1S/C18H16F4O2/c19-12-6-10(7-13(20)16(12)23)18(4-2-1-3-5-18)11-8-14(21)17(24)15(22)9-11/h6-9,23-24H,1-5H2. The van der Waals surface area contributed by atoms with Crippen molar-refractivity contribution in [1.82, 2.24) is 0 Å². The predicted octanol–water partition coefficient (Wildman–Crippen LogP) is 4.90. The third kappa shape index (κ3) is 2.60. The summed E-state index contributed by atoms with van der Waals surface area (Å²) in [4.78, 5) is 0. The van der Waals surface area contributed by atoms with Crippen molar-refractivity contribution >= 4 is 0 Å². The molecule has 0 heterocycles. The molecule has 0 radical (unpaired) electrons. The Kier molecular flexibility index (Phi) is 4.15. The molecule has 0 amide bonds. The zero-order valence-electron chi connectivity index (χ0n) is 12.8. The molecule has 0 aliphatic heterocycles. The smallest absolute Gasteiger partial charge is 0.187 e. The van der Waals surface area contributed by atoms with E-state index in [1.165, 1.54) is 0 Å². The number of halogens is 4. The molecule has 0 saturated heterocycles. The van der Waals surface area contributed by atoms with Crippen LogP contribution in [0.15, 0.2) is 24.3 Å². The number of phenols is 2. The first kappa shape index (κ1) is 16.6. The monoisotopic (exact) mass is 340 g/mol. The summed E-state index contributed by atoms with van der Waals surface area (Å²) in [5, 5.41) is 18.6. The highest BCUT2D eigenvalue weighted by Gasteiger charge is 2.38. The highest BCUT2D eigenvalue weighted by atomic mass is 19.1. The van der Waals surface area contributed by atoms with Crippen LogP contribution in [-0.2, 0) is 5.41 Å². The average Bonchev–Trinajstić information content (AvgIpc) is 2.57. The lowest BCUT2D eigenvalue weighted by Crippen LogP contribution is -2.31. The van der Waals surface area contributed by atoms with E-state index >= 15 is 0 Å². The van der Waals surface area contributed by atoms with Gasteiger partial charge in [0.05, 0.1) is 0 Å². The van der Waals surface area contributed by atoms with Gasteiger partial charge in [0.1, 0.15) is 0 Å². The van der Waals surface area contributed by atoms with Gasteiger partial charge >= 0.3 is 0 Å². The molecule has 6 heteroatoms. The Hall–Kier alpha value is -2.24. The number of aromatic hydroxyl groups is 2. The topological polar surface area (TPSA) is 40.5 Å². The zero-order chi connectivity index (χ0) is 17.5.